The van der Waals surface area contributed by atoms with Crippen LogP contribution in [-0.4, -0.2) is 21.6 Å². The average Bonchev–Trinajstić information content (AvgIpc) is 2.83. The van der Waals surface area contributed by atoms with Gasteiger partial charge in [0.25, 0.3) is 0 Å². The van der Waals surface area contributed by atoms with Gasteiger partial charge in [-0.25, -0.2) is 9.97 Å². The van der Waals surface area contributed by atoms with Crippen LogP contribution in [0.2, 0.25) is 0 Å². The summed E-state index contributed by atoms with van der Waals surface area (Å²) in [5.41, 5.74) is 6.48. The van der Waals surface area contributed by atoms with E-state index >= 15 is 0 Å². The second-order valence-electron chi connectivity index (χ2n) is 5.51. The Hall–Kier alpha value is -1.00. The Morgan fingerprint density at radius 3 is 2.94 bits per heavy atom. The lowest BCUT2D eigenvalue weighted by Crippen LogP contribution is -2.35. The molecule has 18 heavy (non-hydrogen) atoms. The summed E-state index contributed by atoms with van der Waals surface area (Å²) in [6.45, 7) is 4.57. The summed E-state index contributed by atoms with van der Waals surface area (Å²) in [6, 6.07) is 1.80. The Kier molecular flexibility index (Phi) is 3.97. The first kappa shape index (κ1) is 13.4. The fourth-order valence-corrected chi connectivity index (χ4v) is 3.10. The third-order valence-corrected chi connectivity index (χ3v) is 4.39. The second-order valence-corrected chi connectivity index (χ2v) is 5.51. The van der Waals surface area contributed by atoms with E-state index in [1.807, 2.05) is 6.92 Å². The predicted molar refractivity (Wildman–Crippen MR) is 70.8 cm³/mol. The van der Waals surface area contributed by atoms with Crippen LogP contribution in [0, 0.1) is 18.3 Å². The maximum Gasteiger partial charge on any atom is 0.125 e. The third-order valence-electron chi connectivity index (χ3n) is 4.39. The molecule has 0 bridgehead atoms. The lowest BCUT2D eigenvalue weighted by Gasteiger charge is -2.33. The number of aromatic nitrogens is 2. The minimum absolute atomic E-state index is 0.193. The molecule has 0 amide bonds. The van der Waals surface area contributed by atoms with E-state index in [0.29, 0.717) is 24.0 Å². The fraction of sp³-hybridized carbons (Fsp3) is 0.714. The van der Waals surface area contributed by atoms with Crippen molar-refractivity contribution in [2.24, 2.45) is 17.1 Å². The molecular formula is C14H23N3O. The summed E-state index contributed by atoms with van der Waals surface area (Å²) in [4.78, 5) is 8.42. The van der Waals surface area contributed by atoms with Gasteiger partial charge in [-0.2, -0.15) is 0 Å². The zero-order chi connectivity index (χ0) is 13.2. The van der Waals surface area contributed by atoms with Gasteiger partial charge in [0, 0.05) is 18.2 Å². The molecule has 4 heteroatoms. The molecule has 2 rings (SSSR count). The summed E-state index contributed by atoms with van der Waals surface area (Å²) >= 11 is 0. The molecule has 3 N–H and O–H groups in total. The first-order chi connectivity index (χ1) is 8.61. The largest absolute Gasteiger partial charge is 0.386 e. The molecular weight excluding hydrogens is 226 g/mol. The van der Waals surface area contributed by atoms with Crippen LogP contribution in [0.5, 0.6) is 0 Å². The molecule has 4 nitrogen and oxygen atoms in total. The summed E-state index contributed by atoms with van der Waals surface area (Å²) < 4.78 is 0. The Labute approximate surface area is 109 Å². The monoisotopic (exact) mass is 249 g/mol. The maximum absolute atomic E-state index is 10.6. The molecule has 0 aliphatic heterocycles. The first-order valence-electron chi connectivity index (χ1n) is 6.79. The van der Waals surface area contributed by atoms with Gasteiger partial charge >= 0.3 is 0 Å². The molecule has 1 aliphatic rings. The van der Waals surface area contributed by atoms with Crippen LogP contribution in [0.25, 0.3) is 0 Å². The highest BCUT2D eigenvalue weighted by atomic mass is 16.3. The van der Waals surface area contributed by atoms with E-state index in [2.05, 4.69) is 16.9 Å². The van der Waals surface area contributed by atoms with Gasteiger partial charge in [0.2, 0.25) is 0 Å². The van der Waals surface area contributed by atoms with Gasteiger partial charge in [-0.3, -0.25) is 0 Å². The van der Waals surface area contributed by atoms with Crippen molar-refractivity contribution in [2.75, 3.05) is 6.54 Å². The standard InChI is InChI=1S/C14H23N3O/c1-3-11-4-6-14(8-11,9-15)13(18)12-5-7-16-10(2)17-12/h5,7,11,13,18H,3-4,6,8-9,15H2,1-2H3. The molecule has 0 aromatic carbocycles. The quantitative estimate of drug-likeness (QED) is 0.855. The van der Waals surface area contributed by atoms with Gasteiger partial charge in [-0.1, -0.05) is 13.3 Å². The van der Waals surface area contributed by atoms with Gasteiger partial charge in [-0.05, 0) is 38.2 Å². The molecule has 1 aromatic heterocycles. The lowest BCUT2D eigenvalue weighted by molar-refractivity contribution is 0.0266. The Balaban J connectivity index is 2.23. The molecule has 3 atom stereocenters. The molecule has 0 saturated heterocycles. The van der Waals surface area contributed by atoms with E-state index < -0.39 is 6.10 Å². The van der Waals surface area contributed by atoms with E-state index in [1.165, 1.54) is 0 Å². The number of aliphatic hydroxyl groups excluding tert-OH is 1. The number of aryl methyl sites for hydroxylation is 1. The van der Waals surface area contributed by atoms with Crippen molar-refractivity contribution >= 4 is 0 Å². The number of hydrogen-bond acceptors (Lipinski definition) is 4. The van der Waals surface area contributed by atoms with Crippen molar-refractivity contribution in [1.29, 1.82) is 0 Å². The molecule has 0 radical (unpaired) electrons. The molecule has 1 fully saturated rings. The second kappa shape index (κ2) is 5.33. The molecule has 1 saturated carbocycles. The zero-order valence-electron chi connectivity index (χ0n) is 11.3. The Morgan fingerprint density at radius 2 is 2.39 bits per heavy atom. The van der Waals surface area contributed by atoms with E-state index in [0.717, 1.165) is 25.7 Å². The highest BCUT2D eigenvalue weighted by Crippen LogP contribution is 2.49. The number of nitrogens with two attached hydrogens (primary N) is 1. The van der Waals surface area contributed by atoms with Crippen LogP contribution in [-0.2, 0) is 0 Å². The molecule has 3 unspecified atom stereocenters. The molecule has 100 valence electrons. The van der Waals surface area contributed by atoms with Crippen molar-refractivity contribution in [2.45, 2.75) is 45.6 Å². The summed E-state index contributed by atoms with van der Waals surface area (Å²) in [6.07, 6.45) is 5.46. The van der Waals surface area contributed by atoms with Gasteiger partial charge in [-0.15, -0.1) is 0 Å². The van der Waals surface area contributed by atoms with Gasteiger partial charge in [0.05, 0.1) is 5.69 Å². The van der Waals surface area contributed by atoms with Crippen LogP contribution in [0.3, 0.4) is 0 Å². The molecule has 1 aromatic rings. The van der Waals surface area contributed by atoms with Crippen LogP contribution < -0.4 is 5.73 Å². The van der Waals surface area contributed by atoms with Gasteiger partial charge in [0.15, 0.2) is 0 Å². The van der Waals surface area contributed by atoms with E-state index in [4.69, 9.17) is 5.73 Å². The molecule has 0 spiro atoms. The van der Waals surface area contributed by atoms with Gasteiger partial charge in [0.1, 0.15) is 11.9 Å². The Bertz CT molecular complexity index is 410. The smallest absolute Gasteiger partial charge is 0.125 e. The average molecular weight is 249 g/mol. The van der Waals surface area contributed by atoms with Crippen LogP contribution >= 0.6 is 0 Å². The highest BCUT2D eigenvalue weighted by molar-refractivity contribution is 5.11. The third kappa shape index (κ3) is 2.40. The SMILES string of the molecule is CCC1CCC(CN)(C(O)c2ccnc(C)n2)C1. The van der Waals surface area contributed by atoms with E-state index in [9.17, 15) is 5.11 Å². The predicted octanol–water partition coefficient (Wildman–Crippen LogP) is 1.97. The number of nitrogens with zero attached hydrogens (tertiary/aromatic N) is 2. The highest BCUT2D eigenvalue weighted by Gasteiger charge is 2.44. The van der Waals surface area contributed by atoms with Crippen molar-refractivity contribution in [3.63, 3.8) is 0 Å². The van der Waals surface area contributed by atoms with Crippen LogP contribution in [0.15, 0.2) is 12.3 Å². The van der Waals surface area contributed by atoms with Crippen molar-refractivity contribution in [3.05, 3.63) is 23.8 Å². The fourth-order valence-electron chi connectivity index (χ4n) is 3.10. The van der Waals surface area contributed by atoms with Crippen molar-refractivity contribution in [3.8, 4) is 0 Å². The van der Waals surface area contributed by atoms with Gasteiger partial charge < -0.3 is 10.8 Å². The number of rotatable bonds is 4. The van der Waals surface area contributed by atoms with E-state index in [1.54, 1.807) is 12.3 Å². The number of aliphatic hydroxyl groups is 1. The molecule has 1 aliphatic carbocycles. The zero-order valence-corrected chi connectivity index (χ0v) is 11.3. The Morgan fingerprint density at radius 1 is 1.61 bits per heavy atom. The van der Waals surface area contributed by atoms with E-state index in [-0.39, 0.29) is 5.41 Å². The van der Waals surface area contributed by atoms with Crippen LogP contribution in [0.1, 0.15) is 50.2 Å². The van der Waals surface area contributed by atoms with Crippen molar-refractivity contribution < 1.29 is 5.11 Å². The molecule has 1 heterocycles. The van der Waals surface area contributed by atoms with Crippen molar-refractivity contribution in [1.82, 2.24) is 9.97 Å². The number of hydrogen-bond donors (Lipinski definition) is 2. The minimum atomic E-state index is -0.569. The minimum Gasteiger partial charge on any atom is -0.386 e. The maximum atomic E-state index is 10.6. The topological polar surface area (TPSA) is 72.0 Å². The summed E-state index contributed by atoms with van der Waals surface area (Å²) in [7, 11) is 0. The first-order valence-corrected chi connectivity index (χ1v) is 6.79. The lowest BCUT2D eigenvalue weighted by atomic mass is 9.78. The summed E-state index contributed by atoms with van der Waals surface area (Å²) in [5.74, 6) is 1.38. The van der Waals surface area contributed by atoms with Crippen LogP contribution in [0.4, 0.5) is 0 Å². The normalized spacial score (nSPS) is 29.4. The summed E-state index contributed by atoms with van der Waals surface area (Å²) in [5, 5.41) is 10.6.